The van der Waals surface area contributed by atoms with E-state index in [0.29, 0.717) is 10.7 Å². The fourth-order valence-electron chi connectivity index (χ4n) is 2.03. The third kappa shape index (κ3) is 3.35. The Morgan fingerprint density at radius 2 is 2.00 bits per heavy atom. The molecule has 0 bridgehead atoms. The van der Waals surface area contributed by atoms with Gasteiger partial charge in [0.25, 0.3) is 0 Å². The Morgan fingerprint density at radius 1 is 1.18 bits per heavy atom. The second-order valence-electron chi connectivity index (χ2n) is 4.93. The number of aromatic nitrogens is 3. The molecule has 0 unspecified atom stereocenters. The molecule has 0 fully saturated rings. The molecule has 4 nitrogen and oxygen atoms in total. The normalized spacial score (nSPS) is 10.4. The smallest absolute Gasteiger partial charge is 0.209 e. The summed E-state index contributed by atoms with van der Waals surface area (Å²) < 4.78 is 0. The molecule has 0 saturated heterocycles. The van der Waals surface area contributed by atoms with Crippen LogP contribution in [0.1, 0.15) is 16.7 Å². The monoisotopic (exact) mass is 306 g/mol. The van der Waals surface area contributed by atoms with Crippen molar-refractivity contribution in [3.05, 3.63) is 65.2 Å². The molecule has 1 aromatic heterocycles. The van der Waals surface area contributed by atoms with Crippen LogP contribution in [0.4, 0.5) is 0 Å². The van der Waals surface area contributed by atoms with Crippen LogP contribution in [0.2, 0.25) is 0 Å². The minimum absolute atomic E-state index is 0.674. The first kappa shape index (κ1) is 14.4. The largest absolute Gasteiger partial charge is 0.258 e. The van der Waals surface area contributed by atoms with Crippen LogP contribution in [-0.2, 0) is 5.75 Å². The standard InChI is InChI=1S/C17H14N4S/c1-12-5-7-15(8-6-12)16-19-17(21-20-16)22-11-14-4-2-3-13(9-14)10-18/h2-9H,11H2,1H3,(H,19,20,21). The molecule has 0 saturated carbocycles. The molecule has 0 aliphatic heterocycles. The van der Waals surface area contributed by atoms with Crippen LogP contribution in [0, 0.1) is 18.3 Å². The molecule has 0 atom stereocenters. The predicted octanol–water partition coefficient (Wildman–Crippen LogP) is 3.94. The van der Waals surface area contributed by atoms with E-state index in [4.69, 9.17) is 5.26 Å². The van der Waals surface area contributed by atoms with Crippen LogP contribution in [-0.4, -0.2) is 15.2 Å². The molecule has 2 aromatic carbocycles. The van der Waals surface area contributed by atoms with Gasteiger partial charge in [-0.05, 0) is 24.6 Å². The fraction of sp³-hybridized carbons (Fsp3) is 0.118. The summed E-state index contributed by atoms with van der Waals surface area (Å²) in [5, 5.41) is 16.8. The van der Waals surface area contributed by atoms with Gasteiger partial charge < -0.3 is 0 Å². The Morgan fingerprint density at radius 3 is 2.77 bits per heavy atom. The van der Waals surface area contributed by atoms with Crippen LogP contribution in [0.3, 0.4) is 0 Å². The number of nitrogens with one attached hydrogen (secondary N) is 1. The van der Waals surface area contributed by atoms with Gasteiger partial charge in [-0.25, -0.2) is 4.98 Å². The highest BCUT2D eigenvalue weighted by atomic mass is 32.2. The molecule has 0 amide bonds. The van der Waals surface area contributed by atoms with E-state index in [2.05, 4.69) is 40.3 Å². The summed E-state index contributed by atoms with van der Waals surface area (Å²) >= 11 is 1.55. The molecule has 22 heavy (non-hydrogen) atoms. The summed E-state index contributed by atoms with van der Waals surface area (Å²) in [6.45, 7) is 2.06. The average Bonchev–Trinajstić information content (AvgIpc) is 3.03. The minimum atomic E-state index is 0.674. The summed E-state index contributed by atoms with van der Waals surface area (Å²) in [6.07, 6.45) is 0. The van der Waals surface area contributed by atoms with Crippen molar-refractivity contribution in [2.75, 3.05) is 0 Å². The summed E-state index contributed by atoms with van der Waals surface area (Å²) in [6, 6.07) is 17.9. The lowest BCUT2D eigenvalue weighted by Crippen LogP contribution is -1.84. The van der Waals surface area contributed by atoms with Gasteiger partial charge in [0.15, 0.2) is 5.82 Å². The number of aryl methyl sites for hydroxylation is 1. The summed E-state index contributed by atoms with van der Waals surface area (Å²) in [4.78, 5) is 4.50. The second kappa shape index (κ2) is 6.46. The first-order valence-electron chi connectivity index (χ1n) is 6.86. The Hall–Kier alpha value is -2.58. The van der Waals surface area contributed by atoms with Crippen molar-refractivity contribution in [3.8, 4) is 17.5 Å². The first-order chi connectivity index (χ1) is 10.7. The molecule has 0 aliphatic carbocycles. The molecule has 3 rings (SSSR count). The SMILES string of the molecule is Cc1ccc(-c2nc(SCc3cccc(C#N)c3)n[nH]2)cc1. The quantitative estimate of drug-likeness (QED) is 0.741. The second-order valence-corrected chi connectivity index (χ2v) is 5.88. The van der Waals surface area contributed by atoms with Gasteiger partial charge in [0.1, 0.15) is 0 Å². The highest BCUT2D eigenvalue weighted by Gasteiger charge is 2.06. The van der Waals surface area contributed by atoms with Gasteiger partial charge in [0.05, 0.1) is 11.6 Å². The molecular formula is C17H14N4S. The first-order valence-corrected chi connectivity index (χ1v) is 7.84. The zero-order chi connectivity index (χ0) is 15.4. The Balaban J connectivity index is 1.69. The number of benzene rings is 2. The minimum Gasteiger partial charge on any atom is -0.258 e. The fourth-order valence-corrected chi connectivity index (χ4v) is 2.77. The maximum Gasteiger partial charge on any atom is 0.209 e. The van der Waals surface area contributed by atoms with Crippen molar-refractivity contribution in [2.24, 2.45) is 0 Å². The van der Waals surface area contributed by atoms with Gasteiger partial charge in [-0.15, -0.1) is 5.10 Å². The number of rotatable bonds is 4. The van der Waals surface area contributed by atoms with Gasteiger partial charge >= 0.3 is 0 Å². The highest BCUT2D eigenvalue weighted by molar-refractivity contribution is 7.98. The van der Waals surface area contributed by atoms with Crippen molar-refractivity contribution < 1.29 is 0 Å². The Labute approximate surface area is 133 Å². The van der Waals surface area contributed by atoms with Crippen molar-refractivity contribution in [1.82, 2.24) is 15.2 Å². The molecule has 108 valence electrons. The van der Waals surface area contributed by atoms with Gasteiger partial charge in [0, 0.05) is 11.3 Å². The van der Waals surface area contributed by atoms with Crippen molar-refractivity contribution >= 4 is 11.8 Å². The Bertz CT molecular complexity index is 815. The summed E-state index contributed by atoms with van der Waals surface area (Å²) in [5.74, 6) is 1.51. The van der Waals surface area contributed by atoms with E-state index in [-0.39, 0.29) is 0 Å². The lowest BCUT2D eigenvalue weighted by Gasteiger charge is -1.98. The number of aromatic amines is 1. The maximum atomic E-state index is 8.91. The van der Waals surface area contributed by atoms with Gasteiger partial charge in [-0.1, -0.05) is 53.7 Å². The van der Waals surface area contributed by atoms with Crippen molar-refractivity contribution in [2.45, 2.75) is 17.8 Å². The van der Waals surface area contributed by atoms with E-state index < -0.39 is 0 Å². The molecule has 0 aliphatic rings. The van der Waals surface area contributed by atoms with Crippen LogP contribution < -0.4 is 0 Å². The third-order valence-electron chi connectivity index (χ3n) is 3.21. The summed E-state index contributed by atoms with van der Waals surface area (Å²) in [7, 11) is 0. The van der Waals surface area contributed by atoms with Gasteiger partial charge in [-0.3, -0.25) is 5.10 Å². The van der Waals surface area contributed by atoms with Crippen LogP contribution in [0.25, 0.3) is 11.4 Å². The number of thioether (sulfide) groups is 1. The van der Waals surface area contributed by atoms with E-state index in [0.717, 1.165) is 22.7 Å². The zero-order valence-electron chi connectivity index (χ0n) is 12.1. The van der Waals surface area contributed by atoms with E-state index >= 15 is 0 Å². The van der Waals surface area contributed by atoms with Crippen LogP contribution in [0.5, 0.6) is 0 Å². The van der Waals surface area contributed by atoms with Gasteiger partial charge in [-0.2, -0.15) is 5.26 Å². The third-order valence-corrected chi connectivity index (χ3v) is 4.13. The summed E-state index contributed by atoms with van der Waals surface area (Å²) in [5.41, 5.74) is 4.01. The molecule has 3 aromatic rings. The molecular weight excluding hydrogens is 292 g/mol. The van der Waals surface area contributed by atoms with Crippen LogP contribution >= 0.6 is 11.8 Å². The van der Waals surface area contributed by atoms with Crippen molar-refractivity contribution in [1.29, 1.82) is 5.26 Å². The Kier molecular flexibility index (Phi) is 4.22. The topological polar surface area (TPSA) is 65.4 Å². The zero-order valence-corrected chi connectivity index (χ0v) is 12.9. The highest BCUT2D eigenvalue weighted by Crippen LogP contribution is 2.22. The molecule has 0 spiro atoms. The molecule has 0 radical (unpaired) electrons. The maximum absolute atomic E-state index is 8.91. The number of hydrogen-bond donors (Lipinski definition) is 1. The van der Waals surface area contributed by atoms with E-state index in [9.17, 15) is 0 Å². The lowest BCUT2D eigenvalue weighted by molar-refractivity contribution is 0.973. The number of hydrogen-bond acceptors (Lipinski definition) is 4. The number of nitrogens with zero attached hydrogens (tertiary/aromatic N) is 3. The number of H-pyrrole nitrogens is 1. The van der Waals surface area contributed by atoms with Crippen molar-refractivity contribution in [3.63, 3.8) is 0 Å². The van der Waals surface area contributed by atoms with E-state index in [1.165, 1.54) is 5.56 Å². The molecule has 1 N–H and O–H groups in total. The predicted molar refractivity (Wildman–Crippen MR) is 87.3 cm³/mol. The lowest BCUT2D eigenvalue weighted by atomic mass is 10.1. The molecule has 5 heteroatoms. The van der Waals surface area contributed by atoms with Crippen LogP contribution in [0.15, 0.2) is 53.7 Å². The van der Waals surface area contributed by atoms with Gasteiger partial charge in [0.2, 0.25) is 5.16 Å². The number of nitriles is 1. The average molecular weight is 306 g/mol. The van der Waals surface area contributed by atoms with E-state index in [1.807, 2.05) is 30.3 Å². The van der Waals surface area contributed by atoms with E-state index in [1.54, 1.807) is 17.8 Å². The molecule has 1 heterocycles.